The van der Waals surface area contributed by atoms with Gasteiger partial charge in [0.25, 0.3) is 0 Å². The van der Waals surface area contributed by atoms with E-state index < -0.39 is 5.60 Å². The lowest BCUT2D eigenvalue weighted by molar-refractivity contribution is -0.0309. The number of rotatable bonds is 7. The van der Waals surface area contributed by atoms with Crippen molar-refractivity contribution in [2.75, 3.05) is 18.4 Å². The van der Waals surface area contributed by atoms with Gasteiger partial charge in [0.1, 0.15) is 17.3 Å². The minimum Gasteiger partial charge on any atom is -0.457 e. The lowest BCUT2D eigenvalue weighted by Crippen LogP contribution is -2.48. The Morgan fingerprint density at radius 2 is 1.60 bits per heavy atom. The molecule has 0 aliphatic carbocycles. The number of likely N-dealkylation sites (tertiary alicyclic amines) is 1. The summed E-state index contributed by atoms with van der Waals surface area (Å²) in [5.41, 5.74) is 0.0108. The number of carbonyl (C=O) groups is 1. The summed E-state index contributed by atoms with van der Waals surface area (Å²) in [6.07, 6.45) is 4.18. The summed E-state index contributed by atoms with van der Waals surface area (Å²) in [6, 6.07) is 12.7. The van der Waals surface area contributed by atoms with Gasteiger partial charge in [-0.05, 0) is 73.7 Å². The molecule has 30 heavy (non-hydrogen) atoms. The van der Waals surface area contributed by atoms with Gasteiger partial charge in [-0.1, -0.05) is 26.7 Å². The van der Waals surface area contributed by atoms with Crippen LogP contribution in [0.1, 0.15) is 46.0 Å². The standard InChI is InChI=1S/C24H31FN2O3/c1-3-18(4-2)17-24(29)13-15-27(16-14-24)23(28)26-20-7-11-22(12-8-20)30-21-9-5-19(25)6-10-21/h5-12,18,29H,3-4,13-17H2,1-2H3,(H,26,28). The van der Waals surface area contributed by atoms with Crippen molar-refractivity contribution in [1.29, 1.82) is 0 Å². The van der Waals surface area contributed by atoms with Crippen LogP contribution in [-0.4, -0.2) is 34.7 Å². The first kappa shape index (κ1) is 22.1. The second-order valence-corrected chi connectivity index (χ2v) is 8.11. The molecule has 3 rings (SSSR count). The van der Waals surface area contributed by atoms with E-state index >= 15 is 0 Å². The van der Waals surface area contributed by atoms with Gasteiger partial charge in [0, 0.05) is 18.8 Å². The minimum atomic E-state index is -0.660. The summed E-state index contributed by atoms with van der Waals surface area (Å²) in [6.45, 7) is 5.43. The Labute approximate surface area is 177 Å². The molecule has 0 bridgehead atoms. The maximum atomic E-state index is 13.0. The molecule has 6 heteroatoms. The molecule has 2 N–H and O–H groups in total. The van der Waals surface area contributed by atoms with Crippen LogP contribution < -0.4 is 10.1 Å². The van der Waals surface area contributed by atoms with E-state index in [4.69, 9.17) is 4.74 Å². The first-order valence-electron chi connectivity index (χ1n) is 10.7. The van der Waals surface area contributed by atoms with Crippen molar-refractivity contribution in [3.63, 3.8) is 0 Å². The molecule has 0 radical (unpaired) electrons. The number of benzene rings is 2. The van der Waals surface area contributed by atoms with Crippen molar-refractivity contribution in [1.82, 2.24) is 4.90 Å². The van der Waals surface area contributed by atoms with Crippen molar-refractivity contribution in [3.8, 4) is 11.5 Å². The number of ether oxygens (including phenoxy) is 1. The normalized spacial score (nSPS) is 15.8. The Morgan fingerprint density at radius 1 is 1.07 bits per heavy atom. The second-order valence-electron chi connectivity index (χ2n) is 8.11. The zero-order valence-corrected chi connectivity index (χ0v) is 17.7. The average molecular weight is 415 g/mol. The molecule has 1 fully saturated rings. The molecule has 2 amide bonds. The molecule has 1 aliphatic rings. The number of halogens is 1. The summed E-state index contributed by atoms with van der Waals surface area (Å²) in [5.74, 6) is 1.37. The Morgan fingerprint density at radius 3 is 2.13 bits per heavy atom. The van der Waals surface area contributed by atoms with E-state index in [9.17, 15) is 14.3 Å². The van der Waals surface area contributed by atoms with Crippen LogP contribution in [0, 0.1) is 11.7 Å². The molecular formula is C24H31FN2O3. The first-order chi connectivity index (χ1) is 14.4. The number of carbonyl (C=O) groups excluding carboxylic acids is 1. The Hall–Kier alpha value is -2.60. The Balaban J connectivity index is 1.49. The van der Waals surface area contributed by atoms with E-state index in [1.807, 2.05) is 0 Å². The maximum Gasteiger partial charge on any atom is 0.321 e. The van der Waals surface area contributed by atoms with Crippen LogP contribution in [0.2, 0.25) is 0 Å². The quantitative estimate of drug-likeness (QED) is 0.602. The topological polar surface area (TPSA) is 61.8 Å². The van der Waals surface area contributed by atoms with E-state index in [-0.39, 0.29) is 11.8 Å². The number of piperidine rings is 1. The van der Waals surface area contributed by atoms with E-state index in [0.717, 1.165) is 19.3 Å². The molecular weight excluding hydrogens is 383 g/mol. The lowest BCUT2D eigenvalue weighted by atomic mass is 9.81. The number of aliphatic hydroxyl groups is 1. The van der Waals surface area contributed by atoms with Crippen molar-refractivity contribution >= 4 is 11.7 Å². The molecule has 0 spiro atoms. The summed E-state index contributed by atoms with van der Waals surface area (Å²) in [5, 5.41) is 13.8. The monoisotopic (exact) mass is 414 g/mol. The highest BCUT2D eigenvalue weighted by Crippen LogP contribution is 2.32. The third-order valence-corrected chi connectivity index (χ3v) is 5.96. The van der Waals surface area contributed by atoms with E-state index in [2.05, 4.69) is 19.2 Å². The zero-order valence-electron chi connectivity index (χ0n) is 17.7. The predicted molar refractivity (Wildman–Crippen MR) is 116 cm³/mol. The van der Waals surface area contributed by atoms with Crippen LogP contribution in [0.15, 0.2) is 48.5 Å². The highest BCUT2D eigenvalue weighted by atomic mass is 19.1. The average Bonchev–Trinajstić information content (AvgIpc) is 2.75. The van der Waals surface area contributed by atoms with E-state index in [1.165, 1.54) is 12.1 Å². The summed E-state index contributed by atoms with van der Waals surface area (Å²) in [7, 11) is 0. The van der Waals surface area contributed by atoms with Crippen LogP contribution >= 0.6 is 0 Å². The third-order valence-electron chi connectivity index (χ3n) is 5.96. The van der Waals surface area contributed by atoms with Gasteiger partial charge in [0.15, 0.2) is 0 Å². The van der Waals surface area contributed by atoms with Crippen LogP contribution in [0.4, 0.5) is 14.9 Å². The Kier molecular flexibility index (Phi) is 7.32. The molecule has 0 aromatic heterocycles. The van der Waals surface area contributed by atoms with Crippen LogP contribution in [0.5, 0.6) is 11.5 Å². The first-order valence-corrected chi connectivity index (χ1v) is 10.7. The number of amides is 2. The van der Waals surface area contributed by atoms with Crippen molar-refractivity contribution < 1.29 is 19.0 Å². The predicted octanol–water partition coefficient (Wildman–Crippen LogP) is 5.80. The molecule has 2 aromatic carbocycles. The fraction of sp³-hybridized carbons (Fsp3) is 0.458. The van der Waals surface area contributed by atoms with Gasteiger partial charge in [-0.25, -0.2) is 9.18 Å². The minimum absolute atomic E-state index is 0.160. The summed E-state index contributed by atoms with van der Waals surface area (Å²) in [4.78, 5) is 14.3. The molecule has 1 saturated heterocycles. The molecule has 5 nitrogen and oxygen atoms in total. The molecule has 0 saturated carbocycles. The zero-order chi connectivity index (χ0) is 21.6. The van der Waals surface area contributed by atoms with Gasteiger partial charge >= 0.3 is 6.03 Å². The third kappa shape index (κ3) is 5.95. The van der Waals surface area contributed by atoms with Gasteiger partial charge in [0.2, 0.25) is 0 Å². The van der Waals surface area contributed by atoms with E-state index in [1.54, 1.807) is 41.3 Å². The lowest BCUT2D eigenvalue weighted by Gasteiger charge is -2.39. The number of anilines is 1. The van der Waals surface area contributed by atoms with Gasteiger partial charge in [0.05, 0.1) is 5.60 Å². The smallest absolute Gasteiger partial charge is 0.321 e. The van der Waals surface area contributed by atoms with Crippen molar-refractivity contribution in [2.24, 2.45) is 5.92 Å². The van der Waals surface area contributed by atoms with Crippen LogP contribution in [0.3, 0.4) is 0 Å². The van der Waals surface area contributed by atoms with Crippen LogP contribution in [-0.2, 0) is 0 Å². The fourth-order valence-corrected chi connectivity index (χ4v) is 3.89. The highest BCUT2D eigenvalue weighted by Gasteiger charge is 2.35. The molecule has 162 valence electrons. The molecule has 0 unspecified atom stereocenters. The number of nitrogens with zero attached hydrogens (tertiary/aromatic N) is 1. The fourth-order valence-electron chi connectivity index (χ4n) is 3.89. The molecule has 1 aliphatic heterocycles. The SMILES string of the molecule is CCC(CC)CC1(O)CCN(C(=O)Nc2ccc(Oc3ccc(F)cc3)cc2)CC1. The summed E-state index contributed by atoms with van der Waals surface area (Å²) < 4.78 is 18.6. The van der Waals surface area contributed by atoms with Crippen LogP contribution in [0.25, 0.3) is 0 Å². The van der Waals surface area contributed by atoms with Gasteiger partial charge in [-0.15, -0.1) is 0 Å². The number of urea groups is 1. The second kappa shape index (κ2) is 9.94. The van der Waals surface area contributed by atoms with Gasteiger partial charge in [-0.2, -0.15) is 0 Å². The van der Waals surface area contributed by atoms with Crippen molar-refractivity contribution in [3.05, 3.63) is 54.3 Å². The molecule has 0 atom stereocenters. The number of hydrogen-bond acceptors (Lipinski definition) is 3. The van der Waals surface area contributed by atoms with Crippen molar-refractivity contribution in [2.45, 2.75) is 51.6 Å². The Bertz CT molecular complexity index is 811. The highest BCUT2D eigenvalue weighted by molar-refractivity contribution is 5.89. The number of hydrogen-bond donors (Lipinski definition) is 2. The largest absolute Gasteiger partial charge is 0.457 e. The maximum absolute atomic E-state index is 13.0. The summed E-state index contributed by atoms with van der Waals surface area (Å²) >= 11 is 0. The molecule has 1 heterocycles. The molecule has 2 aromatic rings. The number of nitrogens with one attached hydrogen (secondary N) is 1. The van der Waals surface area contributed by atoms with E-state index in [0.29, 0.717) is 49.0 Å². The van der Waals surface area contributed by atoms with Gasteiger partial charge in [-0.3, -0.25) is 0 Å². The van der Waals surface area contributed by atoms with Gasteiger partial charge < -0.3 is 20.1 Å².